The lowest BCUT2D eigenvalue weighted by atomic mass is 9.85. The van der Waals surface area contributed by atoms with E-state index < -0.39 is 0 Å². The first-order valence-electron chi connectivity index (χ1n) is 25.7. The molecule has 1 aliphatic heterocycles. The minimum Gasteiger partial charge on any atom is -0.485 e. The Kier molecular flexibility index (Phi) is 20.3. The third kappa shape index (κ3) is 20.0. The lowest BCUT2D eigenvalue weighted by Gasteiger charge is -2.26. The Morgan fingerprint density at radius 1 is 0.431 bits per heavy atom. The fraction of sp³-hybridized carbons (Fsp3) is 0.632. The molecule has 0 spiro atoms. The molecule has 4 rings (SSSR count). The van der Waals surface area contributed by atoms with E-state index in [1.165, 1.54) is 0 Å². The van der Waals surface area contributed by atoms with Gasteiger partial charge in [0, 0.05) is 55.6 Å². The maximum Gasteiger partial charge on any atom is 0.257 e. The normalized spacial score (nSPS) is 13.6. The third-order valence-electron chi connectivity index (χ3n) is 12.2. The summed E-state index contributed by atoms with van der Waals surface area (Å²) in [5.74, 6) is 1.46. The van der Waals surface area contributed by atoms with E-state index >= 15 is 0 Å². The van der Waals surface area contributed by atoms with Gasteiger partial charge in [-0.2, -0.15) is 0 Å². The largest absolute Gasteiger partial charge is 0.485 e. The fourth-order valence-corrected chi connectivity index (χ4v) is 7.79. The minimum absolute atomic E-state index is 0.00238. The van der Waals surface area contributed by atoms with Gasteiger partial charge in [0.2, 0.25) is 0 Å². The molecule has 402 valence electrons. The van der Waals surface area contributed by atoms with Gasteiger partial charge in [0.25, 0.3) is 17.7 Å². The van der Waals surface area contributed by atoms with Crippen LogP contribution in [-0.2, 0) is 50.4 Å². The molecule has 1 heterocycles. The van der Waals surface area contributed by atoms with E-state index in [1.54, 1.807) is 0 Å². The van der Waals surface area contributed by atoms with Crippen molar-refractivity contribution in [3.63, 3.8) is 0 Å². The second-order valence-corrected chi connectivity index (χ2v) is 25.5. The average Bonchev–Trinajstić information content (AvgIpc) is 3.24. The van der Waals surface area contributed by atoms with E-state index in [2.05, 4.69) is 142 Å². The lowest BCUT2D eigenvalue weighted by Crippen LogP contribution is -2.38. The van der Waals surface area contributed by atoms with Crippen LogP contribution in [0.2, 0.25) is 0 Å². The summed E-state index contributed by atoms with van der Waals surface area (Å²) in [5, 5.41) is 9.07. The lowest BCUT2D eigenvalue weighted by molar-refractivity contribution is -0.870. The van der Waals surface area contributed by atoms with Crippen molar-refractivity contribution in [3.8, 4) is 34.5 Å². The number of nitrogens with zero attached hydrogens (tertiary/aromatic N) is 3. The Labute approximate surface area is 432 Å². The van der Waals surface area contributed by atoms with E-state index in [1.807, 2.05) is 36.4 Å². The summed E-state index contributed by atoms with van der Waals surface area (Å²) in [6.45, 7) is 22.5. The van der Waals surface area contributed by atoms with Crippen LogP contribution in [-0.4, -0.2) is 154 Å². The van der Waals surface area contributed by atoms with Crippen LogP contribution in [0.25, 0.3) is 0 Å². The number of nitrogens with one attached hydrogen (secondary N) is 3. The molecule has 72 heavy (non-hydrogen) atoms. The van der Waals surface area contributed by atoms with E-state index in [0.717, 1.165) is 69.0 Å². The van der Waals surface area contributed by atoms with Crippen LogP contribution < -0.4 is 44.4 Å². The molecule has 0 atom stereocenters. The first kappa shape index (κ1) is 59.3. The van der Waals surface area contributed by atoms with Gasteiger partial charge >= 0.3 is 0 Å². The summed E-state index contributed by atoms with van der Waals surface area (Å²) in [4.78, 5) is 40.4. The SMILES string of the molecule is CC(C)(C)c1cc2c(OCC(=O)NCCC[N+](C)(C)C)c(c1)OCc1cc(C(C)(C)C)cc(c1OCC(=O)NCCC[N+](C)(C)C)OCc1cc(C(C)(C)C)cc(c1OCC(=O)NCCC[N+](C)(C)C)OC2. The molecule has 3 amide bonds. The molecule has 6 bridgehead atoms. The molecular weight excluding hydrogens is 913 g/mol. The number of hydrogen-bond acceptors (Lipinski definition) is 9. The summed E-state index contributed by atoms with van der Waals surface area (Å²) in [5.41, 5.74) is 3.76. The number of amides is 3. The molecule has 0 saturated heterocycles. The molecule has 0 fully saturated rings. The second-order valence-electron chi connectivity index (χ2n) is 25.5. The van der Waals surface area contributed by atoms with Crippen LogP contribution in [0.15, 0.2) is 36.4 Å². The predicted molar refractivity (Wildman–Crippen MR) is 286 cm³/mol. The van der Waals surface area contributed by atoms with Crippen LogP contribution in [0.4, 0.5) is 0 Å². The number of carbonyl (C=O) groups excluding carboxylic acids is 3. The summed E-state index contributed by atoms with van der Waals surface area (Å²) in [6, 6.07) is 12.0. The van der Waals surface area contributed by atoms with Gasteiger partial charge in [-0.15, -0.1) is 0 Å². The van der Waals surface area contributed by atoms with Crippen LogP contribution in [0.3, 0.4) is 0 Å². The number of benzene rings is 3. The van der Waals surface area contributed by atoms with Crippen molar-refractivity contribution in [1.82, 2.24) is 16.0 Å². The number of rotatable bonds is 21. The first-order chi connectivity index (χ1) is 33.2. The number of quaternary nitrogens is 3. The highest BCUT2D eigenvalue weighted by atomic mass is 16.5. The summed E-state index contributed by atoms with van der Waals surface area (Å²) in [6.07, 6.45) is 2.43. The Morgan fingerprint density at radius 3 is 0.875 bits per heavy atom. The highest BCUT2D eigenvalue weighted by molar-refractivity contribution is 5.78. The Morgan fingerprint density at radius 2 is 0.667 bits per heavy atom. The zero-order valence-corrected chi connectivity index (χ0v) is 47.6. The standard InChI is InChI=1S/C57H90N6O9/c1-55(2,3)43-28-40-34-68-47-32-45(57(7,8)9)30-42(54(47)72-39-51(66)60-24-21-27-63(16,17)18)36-69-48-33-44(56(4,5)6)29-41(53(48)71-38-50(65)59-23-20-26-62(13,14)15)35-67-46(31-43)52(40)70-37-49(64)58-22-19-25-61(10,11)12/h28-33H,19-27,34-39H2,1-18H3/p+3. The van der Waals surface area contributed by atoms with Crippen LogP contribution in [0, 0.1) is 0 Å². The average molecular weight is 1010 g/mol. The molecule has 0 aromatic heterocycles. The van der Waals surface area contributed by atoms with E-state index in [0.29, 0.717) is 70.8 Å². The summed E-state index contributed by atoms with van der Waals surface area (Å²) < 4.78 is 42.5. The van der Waals surface area contributed by atoms with Gasteiger partial charge in [-0.05, 0) is 69.3 Å². The van der Waals surface area contributed by atoms with Crippen LogP contribution in [0.5, 0.6) is 34.5 Å². The highest BCUT2D eigenvalue weighted by Crippen LogP contribution is 2.44. The topological polar surface area (TPSA) is 143 Å². The quantitative estimate of drug-likeness (QED) is 0.0736. The number of fused-ring (bicyclic) bond motifs is 6. The Hall–Kier alpha value is -5.25. The molecule has 0 unspecified atom stereocenters. The fourth-order valence-electron chi connectivity index (χ4n) is 7.79. The van der Waals surface area contributed by atoms with Crippen molar-refractivity contribution in [1.29, 1.82) is 0 Å². The molecule has 0 radical (unpaired) electrons. The first-order valence-corrected chi connectivity index (χ1v) is 25.7. The van der Waals surface area contributed by atoms with Gasteiger partial charge in [-0.25, -0.2) is 0 Å². The molecule has 1 aliphatic rings. The molecule has 15 nitrogen and oxygen atoms in total. The van der Waals surface area contributed by atoms with Crippen molar-refractivity contribution < 1.29 is 56.3 Å². The molecule has 3 aromatic rings. The minimum atomic E-state index is -0.342. The number of ether oxygens (including phenoxy) is 6. The van der Waals surface area contributed by atoms with Gasteiger partial charge in [0.05, 0.1) is 83.1 Å². The van der Waals surface area contributed by atoms with Crippen molar-refractivity contribution in [2.45, 2.75) is 118 Å². The maximum atomic E-state index is 13.5. The van der Waals surface area contributed by atoms with Crippen molar-refractivity contribution in [3.05, 3.63) is 69.8 Å². The maximum absolute atomic E-state index is 13.5. The smallest absolute Gasteiger partial charge is 0.257 e. The molecule has 3 aromatic carbocycles. The van der Waals surface area contributed by atoms with Crippen LogP contribution in [0.1, 0.15) is 115 Å². The molecular formula is C57H93N6O9+3. The molecule has 0 aliphatic carbocycles. The van der Waals surface area contributed by atoms with Gasteiger partial charge in [-0.3, -0.25) is 14.4 Å². The van der Waals surface area contributed by atoms with Gasteiger partial charge in [0.15, 0.2) is 54.3 Å². The molecule has 3 N–H and O–H groups in total. The van der Waals surface area contributed by atoms with Gasteiger partial charge in [0.1, 0.15) is 19.8 Å². The summed E-state index contributed by atoms with van der Waals surface area (Å²) >= 11 is 0. The van der Waals surface area contributed by atoms with Crippen LogP contribution >= 0.6 is 0 Å². The van der Waals surface area contributed by atoms with Gasteiger partial charge < -0.3 is 57.8 Å². The molecule has 0 saturated carbocycles. The second kappa shape index (κ2) is 24.6. The van der Waals surface area contributed by atoms with E-state index in [-0.39, 0.29) is 73.6 Å². The highest BCUT2D eigenvalue weighted by Gasteiger charge is 2.28. The third-order valence-corrected chi connectivity index (χ3v) is 12.2. The number of carbonyl (C=O) groups is 3. The Balaban J connectivity index is 1.93. The van der Waals surface area contributed by atoms with E-state index in [4.69, 9.17) is 28.4 Å². The number of hydrogen-bond donors (Lipinski definition) is 3. The predicted octanol–water partition coefficient (Wildman–Crippen LogP) is 7.40. The Bertz CT molecular complexity index is 1970. The monoisotopic (exact) mass is 1010 g/mol. The molecule has 15 heteroatoms. The van der Waals surface area contributed by atoms with Crippen molar-refractivity contribution in [2.24, 2.45) is 0 Å². The van der Waals surface area contributed by atoms with E-state index in [9.17, 15) is 14.4 Å². The zero-order valence-electron chi connectivity index (χ0n) is 47.6. The zero-order chi connectivity index (χ0) is 53.9. The van der Waals surface area contributed by atoms with Crippen molar-refractivity contribution >= 4 is 17.7 Å². The van der Waals surface area contributed by atoms with Crippen molar-refractivity contribution in [2.75, 3.05) is 123 Å². The van der Waals surface area contributed by atoms with Gasteiger partial charge in [-0.1, -0.05) is 62.3 Å². The summed E-state index contributed by atoms with van der Waals surface area (Å²) in [7, 11) is 19.1.